The second-order valence-corrected chi connectivity index (χ2v) is 4.35. The molecule has 0 spiro atoms. The highest BCUT2D eigenvalue weighted by molar-refractivity contribution is 5.36. The molecule has 1 atom stereocenters. The Hall–Kier alpha value is -1.59. The maximum Gasteiger partial charge on any atom is 0.323 e. The zero-order valence-electron chi connectivity index (χ0n) is 11.8. The van der Waals surface area contributed by atoms with E-state index in [1.807, 2.05) is 6.92 Å². The fourth-order valence-corrected chi connectivity index (χ4v) is 1.63. The summed E-state index contributed by atoms with van der Waals surface area (Å²) >= 11 is 0. The molecule has 0 amide bonds. The molecule has 1 aromatic rings. The van der Waals surface area contributed by atoms with Gasteiger partial charge in [0.15, 0.2) is 0 Å². The molecule has 0 saturated heterocycles. The van der Waals surface area contributed by atoms with Crippen molar-refractivity contribution in [3.63, 3.8) is 0 Å². The zero-order valence-corrected chi connectivity index (χ0v) is 11.8. The molecule has 0 saturated carbocycles. The van der Waals surface area contributed by atoms with E-state index in [1.54, 1.807) is 7.05 Å². The smallest absolute Gasteiger partial charge is 0.323 e. The van der Waals surface area contributed by atoms with Gasteiger partial charge in [-0.05, 0) is 19.3 Å². The van der Waals surface area contributed by atoms with Crippen LogP contribution in [0.1, 0.15) is 34.1 Å². The lowest BCUT2D eigenvalue weighted by Gasteiger charge is -2.20. The molecule has 1 rings (SSSR count). The standard InChI is InChI=1S/C12H23N5O/c1-6-9(8(3)4)14-11-15-10(13-5)16-12(17-11)18-7-2/h8-9H,6-7H2,1-5H3,(H2,13,14,15,16,17). The Kier molecular flexibility index (Phi) is 5.61. The first-order chi connectivity index (χ1) is 8.60. The van der Waals surface area contributed by atoms with Crippen molar-refractivity contribution in [3.05, 3.63) is 0 Å². The summed E-state index contributed by atoms with van der Waals surface area (Å²) in [6.07, 6.45) is 1.02. The molecular formula is C12H23N5O. The highest BCUT2D eigenvalue weighted by Crippen LogP contribution is 2.15. The third-order valence-corrected chi connectivity index (χ3v) is 2.67. The van der Waals surface area contributed by atoms with Crippen molar-refractivity contribution in [2.45, 2.75) is 40.2 Å². The van der Waals surface area contributed by atoms with Gasteiger partial charge in [-0.3, -0.25) is 0 Å². The molecule has 1 heterocycles. The third kappa shape index (κ3) is 4.01. The van der Waals surface area contributed by atoms with E-state index in [9.17, 15) is 0 Å². The molecule has 1 aromatic heterocycles. The zero-order chi connectivity index (χ0) is 13.5. The molecule has 0 aliphatic carbocycles. The van der Waals surface area contributed by atoms with Gasteiger partial charge in [-0.1, -0.05) is 20.8 Å². The number of nitrogens with zero attached hydrogens (tertiary/aromatic N) is 3. The van der Waals surface area contributed by atoms with Crippen LogP contribution in [0, 0.1) is 5.92 Å². The van der Waals surface area contributed by atoms with E-state index in [4.69, 9.17) is 4.74 Å². The first kappa shape index (κ1) is 14.5. The van der Waals surface area contributed by atoms with Crippen molar-refractivity contribution >= 4 is 11.9 Å². The summed E-state index contributed by atoms with van der Waals surface area (Å²) in [5, 5.41) is 6.22. The quantitative estimate of drug-likeness (QED) is 0.776. The normalized spacial score (nSPS) is 12.3. The maximum absolute atomic E-state index is 5.32. The van der Waals surface area contributed by atoms with Gasteiger partial charge >= 0.3 is 6.01 Å². The molecule has 6 nitrogen and oxygen atoms in total. The molecule has 0 radical (unpaired) electrons. The van der Waals surface area contributed by atoms with Crippen molar-refractivity contribution in [2.75, 3.05) is 24.3 Å². The summed E-state index contributed by atoms with van der Waals surface area (Å²) in [4.78, 5) is 12.6. The van der Waals surface area contributed by atoms with Gasteiger partial charge in [-0.2, -0.15) is 15.0 Å². The van der Waals surface area contributed by atoms with Gasteiger partial charge in [0.1, 0.15) is 0 Å². The Morgan fingerprint density at radius 2 is 1.78 bits per heavy atom. The fraction of sp³-hybridized carbons (Fsp3) is 0.750. The van der Waals surface area contributed by atoms with Crippen LogP contribution in [0.15, 0.2) is 0 Å². The van der Waals surface area contributed by atoms with Crippen LogP contribution >= 0.6 is 0 Å². The Morgan fingerprint density at radius 1 is 1.11 bits per heavy atom. The van der Waals surface area contributed by atoms with E-state index in [0.717, 1.165) is 6.42 Å². The van der Waals surface area contributed by atoms with Gasteiger partial charge in [0, 0.05) is 13.1 Å². The average Bonchev–Trinajstić information content (AvgIpc) is 2.35. The number of anilines is 2. The van der Waals surface area contributed by atoms with Gasteiger partial charge in [-0.15, -0.1) is 0 Å². The lowest BCUT2D eigenvalue weighted by molar-refractivity contribution is 0.312. The Balaban J connectivity index is 2.89. The average molecular weight is 253 g/mol. The Bertz CT molecular complexity index is 369. The van der Waals surface area contributed by atoms with Gasteiger partial charge in [0.25, 0.3) is 0 Å². The summed E-state index contributed by atoms with van der Waals surface area (Å²) in [5.41, 5.74) is 0. The number of aromatic nitrogens is 3. The summed E-state index contributed by atoms with van der Waals surface area (Å²) < 4.78 is 5.32. The van der Waals surface area contributed by atoms with Crippen LogP contribution < -0.4 is 15.4 Å². The third-order valence-electron chi connectivity index (χ3n) is 2.67. The minimum Gasteiger partial charge on any atom is -0.464 e. The number of hydrogen-bond acceptors (Lipinski definition) is 6. The lowest BCUT2D eigenvalue weighted by atomic mass is 10.0. The first-order valence-electron chi connectivity index (χ1n) is 6.43. The lowest BCUT2D eigenvalue weighted by Crippen LogP contribution is -2.26. The monoisotopic (exact) mass is 253 g/mol. The summed E-state index contributed by atoms with van der Waals surface area (Å²) in [5.74, 6) is 1.58. The number of nitrogens with one attached hydrogen (secondary N) is 2. The van der Waals surface area contributed by atoms with Gasteiger partial charge in [0.2, 0.25) is 11.9 Å². The Labute approximate surface area is 109 Å². The minimum absolute atomic E-state index is 0.339. The van der Waals surface area contributed by atoms with Crippen LogP contribution in [0.4, 0.5) is 11.9 Å². The van der Waals surface area contributed by atoms with E-state index in [2.05, 4.69) is 46.4 Å². The molecule has 6 heteroatoms. The summed E-state index contributed by atoms with van der Waals surface area (Å²) in [7, 11) is 1.77. The highest BCUT2D eigenvalue weighted by Gasteiger charge is 2.14. The Morgan fingerprint density at radius 3 is 2.28 bits per heavy atom. The molecule has 1 unspecified atom stereocenters. The molecule has 102 valence electrons. The predicted octanol–water partition coefficient (Wildman–Crippen LogP) is 2.16. The molecule has 0 fully saturated rings. The molecule has 0 aromatic carbocycles. The highest BCUT2D eigenvalue weighted by atomic mass is 16.5. The van der Waals surface area contributed by atoms with Crippen LogP contribution in [0.25, 0.3) is 0 Å². The number of ether oxygens (including phenoxy) is 1. The first-order valence-corrected chi connectivity index (χ1v) is 6.43. The molecule has 0 aliphatic rings. The van der Waals surface area contributed by atoms with Gasteiger partial charge in [0.05, 0.1) is 6.61 Å². The molecule has 0 bridgehead atoms. The van der Waals surface area contributed by atoms with Crippen molar-refractivity contribution in [1.82, 2.24) is 15.0 Å². The van der Waals surface area contributed by atoms with Crippen molar-refractivity contribution in [1.29, 1.82) is 0 Å². The SMILES string of the molecule is CCOc1nc(NC)nc(NC(CC)C(C)C)n1. The van der Waals surface area contributed by atoms with Gasteiger partial charge < -0.3 is 15.4 Å². The predicted molar refractivity (Wildman–Crippen MR) is 73.1 cm³/mol. The molecule has 18 heavy (non-hydrogen) atoms. The van der Waals surface area contributed by atoms with Crippen LogP contribution in [-0.4, -0.2) is 34.6 Å². The summed E-state index contributed by atoms with van der Waals surface area (Å²) in [6.45, 7) is 8.92. The van der Waals surface area contributed by atoms with E-state index < -0.39 is 0 Å². The van der Waals surface area contributed by atoms with E-state index in [0.29, 0.717) is 36.5 Å². The number of hydrogen-bond donors (Lipinski definition) is 2. The second kappa shape index (κ2) is 6.98. The van der Waals surface area contributed by atoms with E-state index in [1.165, 1.54) is 0 Å². The molecular weight excluding hydrogens is 230 g/mol. The second-order valence-electron chi connectivity index (χ2n) is 4.35. The maximum atomic E-state index is 5.32. The molecule has 0 aliphatic heterocycles. The van der Waals surface area contributed by atoms with Gasteiger partial charge in [-0.25, -0.2) is 0 Å². The molecule has 2 N–H and O–H groups in total. The fourth-order valence-electron chi connectivity index (χ4n) is 1.63. The largest absolute Gasteiger partial charge is 0.464 e. The summed E-state index contributed by atoms with van der Waals surface area (Å²) in [6, 6.07) is 0.685. The van der Waals surface area contributed by atoms with Crippen LogP contribution in [0.3, 0.4) is 0 Å². The van der Waals surface area contributed by atoms with Crippen LogP contribution in [0.2, 0.25) is 0 Å². The van der Waals surface area contributed by atoms with Crippen molar-refractivity contribution < 1.29 is 4.74 Å². The van der Waals surface area contributed by atoms with Crippen molar-refractivity contribution in [2.24, 2.45) is 5.92 Å². The van der Waals surface area contributed by atoms with Crippen LogP contribution in [0.5, 0.6) is 6.01 Å². The van der Waals surface area contributed by atoms with E-state index >= 15 is 0 Å². The van der Waals surface area contributed by atoms with Crippen LogP contribution in [-0.2, 0) is 0 Å². The minimum atomic E-state index is 0.339. The van der Waals surface area contributed by atoms with Crippen molar-refractivity contribution in [3.8, 4) is 6.01 Å². The topological polar surface area (TPSA) is 72.0 Å². The van der Waals surface area contributed by atoms with E-state index in [-0.39, 0.29) is 0 Å². The number of rotatable bonds is 7.